The predicted octanol–water partition coefficient (Wildman–Crippen LogP) is 1.45. The van der Waals surface area contributed by atoms with Crippen molar-refractivity contribution in [3.63, 3.8) is 0 Å². The first-order valence-electron chi connectivity index (χ1n) is 7.30. The molecule has 120 valence electrons. The van der Waals surface area contributed by atoms with Crippen LogP contribution >= 0.6 is 11.6 Å². The van der Waals surface area contributed by atoms with Crippen molar-refractivity contribution in [2.24, 2.45) is 5.92 Å². The van der Waals surface area contributed by atoms with E-state index in [1.807, 2.05) is 32.8 Å². The Bertz CT molecular complexity index is 389. The summed E-state index contributed by atoms with van der Waals surface area (Å²) in [5.74, 6) is 0.814. The van der Waals surface area contributed by atoms with Gasteiger partial charge in [0.2, 0.25) is 0 Å². The number of rotatable bonds is 7. The van der Waals surface area contributed by atoms with Crippen LogP contribution in [0, 0.1) is 5.92 Å². The van der Waals surface area contributed by atoms with Gasteiger partial charge < -0.3 is 4.90 Å². The zero-order valence-electron chi connectivity index (χ0n) is 13.0. The summed E-state index contributed by atoms with van der Waals surface area (Å²) in [5.41, 5.74) is 0. The highest BCUT2D eigenvalue weighted by atomic mass is 35.5. The summed E-state index contributed by atoms with van der Waals surface area (Å²) >= 11 is 5.90. The summed E-state index contributed by atoms with van der Waals surface area (Å²) in [6.07, 6.45) is 1.92. The molecule has 0 N–H and O–H groups in total. The molecule has 1 rings (SSSR count). The van der Waals surface area contributed by atoms with Crippen LogP contribution in [0.2, 0.25) is 0 Å². The van der Waals surface area contributed by atoms with Crippen LogP contribution in [-0.2, 0) is 10.2 Å². The lowest BCUT2D eigenvalue weighted by Gasteiger charge is -2.37. The number of piperidine rings is 1. The van der Waals surface area contributed by atoms with Crippen molar-refractivity contribution in [3.8, 4) is 0 Å². The van der Waals surface area contributed by atoms with Crippen LogP contribution in [0.5, 0.6) is 0 Å². The first kappa shape index (κ1) is 18.2. The molecule has 0 aromatic rings. The van der Waals surface area contributed by atoms with Crippen molar-refractivity contribution in [3.05, 3.63) is 0 Å². The summed E-state index contributed by atoms with van der Waals surface area (Å²) in [7, 11) is 0.539. The van der Waals surface area contributed by atoms with E-state index < -0.39 is 10.2 Å². The molecular weight excluding hydrogens is 298 g/mol. The summed E-state index contributed by atoms with van der Waals surface area (Å²) in [6.45, 7) is 6.24. The molecule has 1 aliphatic rings. The molecule has 0 saturated carbocycles. The van der Waals surface area contributed by atoms with E-state index in [-0.39, 0.29) is 12.0 Å². The Morgan fingerprint density at radius 2 is 2.05 bits per heavy atom. The predicted molar refractivity (Wildman–Crippen MR) is 84.3 cm³/mol. The third-order valence-corrected chi connectivity index (χ3v) is 6.39. The van der Waals surface area contributed by atoms with E-state index >= 15 is 0 Å². The van der Waals surface area contributed by atoms with Crippen molar-refractivity contribution in [1.82, 2.24) is 13.5 Å². The van der Waals surface area contributed by atoms with E-state index in [9.17, 15) is 8.42 Å². The molecule has 1 heterocycles. The highest BCUT2D eigenvalue weighted by Crippen LogP contribution is 2.23. The largest absolute Gasteiger partial charge is 0.308 e. The first-order chi connectivity index (χ1) is 9.32. The van der Waals surface area contributed by atoms with E-state index in [1.54, 1.807) is 8.61 Å². The van der Waals surface area contributed by atoms with Gasteiger partial charge in [0.05, 0.1) is 0 Å². The monoisotopic (exact) mass is 325 g/mol. The van der Waals surface area contributed by atoms with Crippen LogP contribution in [0.1, 0.15) is 26.7 Å². The van der Waals surface area contributed by atoms with E-state index in [0.29, 0.717) is 25.5 Å². The number of likely N-dealkylation sites (N-methyl/N-ethyl adjacent to an activating group) is 2. The Labute approximate surface area is 129 Å². The number of nitrogens with zero attached hydrogens (tertiary/aromatic N) is 3. The molecule has 7 heteroatoms. The van der Waals surface area contributed by atoms with Gasteiger partial charge in [-0.3, -0.25) is 0 Å². The fourth-order valence-corrected chi connectivity index (χ4v) is 4.99. The van der Waals surface area contributed by atoms with Crippen molar-refractivity contribution < 1.29 is 8.42 Å². The maximum atomic E-state index is 12.8. The van der Waals surface area contributed by atoms with Gasteiger partial charge in [-0.1, -0.05) is 6.92 Å². The molecular formula is C13H28ClN3O2S. The lowest BCUT2D eigenvalue weighted by atomic mass is 10.0. The van der Waals surface area contributed by atoms with Crippen LogP contribution in [0.3, 0.4) is 0 Å². The Morgan fingerprint density at radius 3 is 2.55 bits per heavy atom. The molecule has 0 aromatic carbocycles. The van der Waals surface area contributed by atoms with Crippen LogP contribution in [0.4, 0.5) is 0 Å². The molecule has 1 saturated heterocycles. The average Bonchev–Trinajstić information content (AvgIpc) is 2.38. The zero-order chi connectivity index (χ0) is 15.3. The highest BCUT2D eigenvalue weighted by molar-refractivity contribution is 7.86. The van der Waals surface area contributed by atoms with Crippen molar-refractivity contribution in [2.45, 2.75) is 32.7 Å². The van der Waals surface area contributed by atoms with E-state index in [0.717, 1.165) is 19.4 Å². The van der Waals surface area contributed by atoms with E-state index in [1.165, 1.54) is 0 Å². The first-order valence-corrected chi connectivity index (χ1v) is 9.23. The number of alkyl halides is 1. The third-order valence-electron chi connectivity index (χ3n) is 3.76. The topological polar surface area (TPSA) is 43.9 Å². The maximum Gasteiger partial charge on any atom is 0.282 e. The summed E-state index contributed by atoms with van der Waals surface area (Å²) in [6, 6.07) is -0.0311. The van der Waals surface area contributed by atoms with Gasteiger partial charge in [-0.15, -0.1) is 11.6 Å². The Kier molecular flexibility index (Phi) is 7.21. The Balaban J connectivity index is 2.83. The molecule has 0 aromatic heterocycles. The molecule has 5 nitrogen and oxygen atoms in total. The van der Waals surface area contributed by atoms with Crippen molar-refractivity contribution in [1.29, 1.82) is 0 Å². The number of hydrogen-bond donors (Lipinski definition) is 0. The van der Waals surface area contributed by atoms with Gasteiger partial charge in [-0.05, 0) is 39.8 Å². The second-order valence-corrected chi connectivity index (χ2v) is 8.03. The van der Waals surface area contributed by atoms with Crippen LogP contribution in [0.25, 0.3) is 0 Å². The van der Waals surface area contributed by atoms with Crippen LogP contribution in [-0.4, -0.2) is 74.1 Å². The smallest absolute Gasteiger partial charge is 0.282 e. The highest BCUT2D eigenvalue weighted by Gasteiger charge is 2.35. The van der Waals surface area contributed by atoms with Crippen molar-refractivity contribution in [2.75, 3.05) is 46.2 Å². The molecule has 1 aliphatic heterocycles. The second kappa shape index (κ2) is 7.94. The molecule has 20 heavy (non-hydrogen) atoms. The van der Waals surface area contributed by atoms with E-state index in [4.69, 9.17) is 11.6 Å². The number of halogens is 1. The Hall–Kier alpha value is 0.120. The minimum atomic E-state index is -3.38. The molecule has 0 bridgehead atoms. The van der Waals surface area contributed by atoms with Gasteiger partial charge in [0.1, 0.15) is 0 Å². The molecule has 2 unspecified atom stereocenters. The van der Waals surface area contributed by atoms with Gasteiger partial charge in [0.15, 0.2) is 0 Å². The van der Waals surface area contributed by atoms with Gasteiger partial charge in [0.25, 0.3) is 10.2 Å². The maximum absolute atomic E-state index is 12.8. The van der Waals surface area contributed by atoms with Gasteiger partial charge in [-0.25, -0.2) is 0 Å². The quantitative estimate of drug-likeness (QED) is 0.666. The van der Waals surface area contributed by atoms with Gasteiger partial charge >= 0.3 is 0 Å². The fraction of sp³-hybridized carbons (Fsp3) is 1.00. The minimum absolute atomic E-state index is 0.0311. The van der Waals surface area contributed by atoms with Crippen LogP contribution in [0.15, 0.2) is 0 Å². The van der Waals surface area contributed by atoms with Gasteiger partial charge in [-0.2, -0.15) is 17.0 Å². The SMILES string of the molecule is CCN(C(C)CN(C)C)S(=O)(=O)N1CCCC(CCl)C1. The molecule has 0 amide bonds. The molecule has 0 aliphatic carbocycles. The minimum Gasteiger partial charge on any atom is -0.308 e. The van der Waals surface area contributed by atoms with E-state index in [2.05, 4.69) is 0 Å². The summed E-state index contributed by atoms with van der Waals surface area (Å²) in [4.78, 5) is 2.01. The normalized spacial score (nSPS) is 23.4. The zero-order valence-corrected chi connectivity index (χ0v) is 14.6. The molecule has 0 spiro atoms. The average molecular weight is 326 g/mol. The molecule has 0 radical (unpaired) electrons. The molecule has 1 fully saturated rings. The standard InChI is InChI=1S/C13H28ClN3O2S/c1-5-17(12(2)10-15(3)4)20(18,19)16-8-6-7-13(9-14)11-16/h12-13H,5-11H2,1-4H3. The third kappa shape index (κ3) is 4.56. The van der Waals surface area contributed by atoms with Crippen molar-refractivity contribution >= 4 is 21.8 Å². The lowest BCUT2D eigenvalue weighted by Crippen LogP contribution is -2.52. The van der Waals surface area contributed by atoms with Gasteiger partial charge in [0, 0.05) is 38.1 Å². The van der Waals surface area contributed by atoms with Crippen LogP contribution < -0.4 is 0 Å². The Morgan fingerprint density at radius 1 is 1.40 bits per heavy atom. The summed E-state index contributed by atoms with van der Waals surface area (Å²) in [5, 5.41) is 0. The lowest BCUT2D eigenvalue weighted by molar-refractivity contribution is 0.227. The second-order valence-electron chi connectivity index (χ2n) is 5.84. The molecule has 2 atom stereocenters. The fourth-order valence-electron chi connectivity index (χ4n) is 2.83. The number of hydrogen-bond acceptors (Lipinski definition) is 3. The summed E-state index contributed by atoms with van der Waals surface area (Å²) < 4.78 is 28.8.